The zero-order valence-electron chi connectivity index (χ0n) is 8.78. The lowest BCUT2D eigenvalue weighted by atomic mass is 9.99. The summed E-state index contributed by atoms with van der Waals surface area (Å²) in [6.45, 7) is 3.59. The van der Waals surface area contributed by atoms with Crippen molar-refractivity contribution in [1.82, 2.24) is 0 Å². The SMILES string of the molecule is CCc1cc(C(F)(F)F)cc(CC)c1N. The molecule has 1 rings (SSSR count). The third-order valence-electron chi connectivity index (χ3n) is 2.44. The number of benzene rings is 1. The lowest BCUT2D eigenvalue weighted by Crippen LogP contribution is -2.09. The van der Waals surface area contributed by atoms with E-state index in [1.165, 1.54) is 0 Å². The molecule has 0 bridgehead atoms. The molecule has 4 heteroatoms. The number of aryl methyl sites for hydroxylation is 2. The van der Waals surface area contributed by atoms with Crippen LogP contribution >= 0.6 is 0 Å². The first kappa shape index (κ1) is 11.9. The lowest BCUT2D eigenvalue weighted by Gasteiger charge is -2.14. The van der Waals surface area contributed by atoms with Crippen molar-refractivity contribution in [3.05, 3.63) is 28.8 Å². The Labute approximate surface area is 87.1 Å². The van der Waals surface area contributed by atoms with Gasteiger partial charge in [-0.2, -0.15) is 13.2 Å². The highest BCUT2D eigenvalue weighted by Gasteiger charge is 2.31. The van der Waals surface area contributed by atoms with Gasteiger partial charge in [0.25, 0.3) is 0 Å². The number of halogens is 3. The first-order valence-electron chi connectivity index (χ1n) is 4.88. The molecule has 0 aliphatic rings. The molecule has 1 aromatic carbocycles. The van der Waals surface area contributed by atoms with Gasteiger partial charge in [0.2, 0.25) is 0 Å². The smallest absolute Gasteiger partial charge is 0.398 e. The van der Waals surface area contributed by atoms with Crippen LogP contribution in [0.3, 0.4) is 0 Å². The first-order chi connectivity index (χ1) is 6.90. The highest BCUT2D eigenvalue weighted by atomic mass is 19.4. The standard InChI is InChI=1S/C11H14F3N/c1-3-7-5-9(11(12,13)14)6-8(4-2)10(7)15/h5-6H,3-4,15H2,1-2H3. The fourth-order valence-electron chi connectivity index (χ4n) is 1.53. The highest BCUT2D eigenvalue weighted by Crippen LogP contribution is 2.33. The van der Waals surface area contributed by atoms with Gasteiger partial charge in [0.05, 0.1) is 5.56 Å². The van der Waals surface area contributed by atoms with Crippen LogP contribution in [0.25, 0.3) is 0 Å². The molecule has 0 aromatic heterocycles. The Morgan fingerprint density at radius 3 is 1.73 bits per heavy atom. The summed E-state index contributed by atoms with van der Waals surface area (Å²) in [7, 11) is 0. The van der Waals surface area contributed by atoms with Gasteiger partial charge in [-0.05, 0) is 36.1 Å². The summed E-state index contributed by atoms with van der Waals surface area (Å²) in [4.78, 5) is 0. The maximum absolute atomic E-state index is 12.5. The Bertz CT molecular complexity index is 330. The predicted molar refractivity (Wildman–Crippen MR) is 54.6 cm³/mol. The molecule has 0 amide bonds. The second-order valence-electron chi connectivity index (χ2n) is 3.41. The van der Waals surface area contributed by atoms with Crippen LogP contribution in [0.4, 0.5) is 18.9 Å². The van der Waals surface area contributed by atoms with Gasteiger partial charge in [-0.3, -0.25) is 0 Å². The predicted octanol–water partition coefficient (Wildman–Crippen LogP) is 3.41. The summed E-state index contributed by atoms with van der Waals surface area (Å²) in [5.74, 6) is 0. The Balaban J connectivity index is 3.33. The molecular formula is C11H14F3N. The van der Waals surface area contributed by atoms with E-state index in [1.54, 1.807) is 13.8 Å². The molecule has 84 valence electrons. The topological polar surface area (TPSA) is 26.0 Å². The molecule has 0 atom stereocenters. The summed E-state index contributed by atoms with van der Waals surface area (Å²) in [6, 6.07) is 2.27. The zero-order chi connectivity index (χ0) is 11.6. The van der Waals surface area contributed by atoms with Crippen molar-refractivity contribution in [1.29, 1.82) is 0 Å². The van der Waals surface area contributed by atoms with Crippen LogP contribution < -0.4 is 5.73 Å². The molecule has 0 saturated carbocycles. The van der Waals surface area contributed by atoms with Crippen molar-refractivity contribution in [3.63, 3.8) is 0 Å². The molecule has 2 N–H and O–H groups in total. The van der Waals surface area contributed by atoms with Crippen molar-refractivity contribution in [3.8, 4) is 0 Å². The summed E-state index contributed by atoms with van der Waals surface area (Å²) >= 11 is 0. The Morgan fingerprint density at radius 1 is 1.07 bits per heavy atom. The summed E-state index contributed by atoms with van der Waals surface area (Å²) in [5, 5.41) is 0. The van der Waals surface area contributed by atoms with Gasteiger partial charge in [-0.25, -0.2) is 0 Å². The van der Waals surface area contributed by atoms with Gasteiger partial charge < -0.3 is 5.73 Å². The van der Waals surface area contributed by atoms with Gasteiger partial charge in [0, 0.05) is 5.69 Å². The average molecular weight is 217 g/mol. The first-order valence-corrected chi connectivity index (χ1v) is 4.88. The van der Waals surface area contributed by atoms with Crippen molar-refractivity contribution in [2.24, 2.45) is 0 Å². The van der Waals surface area contributed by atoms with Gasteiger partial charge in [-0.1, -0.05) is 13.8 Å². The van der Waals surface area contributed by atoms with Crippen LogP contribution in [-0.2, 0) is 19.0 Å². The fourth-order valence-corrected chi connectivity index (χ4v) is 1.53. The molecule has 0 saturated heterocycles. The Hall–Kier alpha value is -1.19. The maximum Gasteiger partial charge on any atom is 0.416 e. The number of hydrogen-bond acceptors (Lipinski definition) is 1. The summed E-state index contributed by atoms with van der Waals surface area (Å²) in [5.41, 5.74) is 6.78. The highest BCUT2D eigenvalue weighted by molar-refractivity contribution is 5.56. The largest absolute Gasteiger partial charge is 0.416 e. The summed E-state index contributed by atoms with van der Waals surface area (Å²) in [6.07, 6.45) is -3.26. The van der Waals surface area contributed by atoms with Crippen molar-refractivity contribution >= 4 is 5.69 Å². The average Bonchev–Trinajstić information content (AvgIpc) is 2.16. The zero-order valence-corrected chi connectivity index (χ0v) is 8.78. The van der Waals surface area contributed by atoms with Crippen LogP contribution in [0.15, 0.2) is 12.1 Å². The molecule has 0 heterocycles. The molecule has 0 aliphatic heterocycles. The number of nitrogen functional groups attached to an aromatic ring is 1. The molecule has 0 radical (unpaired) electrons. The second-order valence-corrected chi connectivity index (χ2v) is 3.41. The number of nitrogens with two attached hydrogens (primary N) is 1. The van der Waals surface area contributed by atoms with Gasteiger partial charge in [0.15, 0.2) is 0 Å². The fraction of sp³-hybridized carbons (Fsp3) is 0.455. The van der Waals surface area contributed by atoms with E-state index >= 15 is 0 Å². The third kappa shape index (κ3) is 2.43. The number of hydrogen-bond donors (Lipinski definition) is 1. The molecule has 1 nitrogen and oxygen atoms in total. The van der Waals surface area contributed by atoms with Crippen LogP contribution in [0.2, 0.25) is 0 Å². The molecule has 0 fully saturated rings. The van der Waals surface area contributed by atoms with Crippen molar-refractivity contribution in [2.45, 2.75) is 32.9 Å². The molecule has 0 aliphatic carbocycles. The Morgan fingerprint density at radius 2 is 1.47 bits per heavy atom. The molecule has 15 heavy (non-hydrogen) atoms. The number of rotatable bonds is 2. The van der Waals surface area contributed by atoms with Crippen LogP contribution in [0, 0.1) is 0 Å². The van der Waals surface area contributed by atoms with Crippen LogP contribution in [0.5, 0.6) is 0 Å². The van der Waals surface area contributed by atoms with E-state index in [2.05, 4.69) is 0 Å². The maximum atomic E-state index is 12.5. The molecular weight excluding hydrogens is 203 g/mol. The van der Waals surface area contributed by atoms with E-state index in [9.17, 15) is 13.2 Å². The molecule has 0 unspecified atom stereocenters. The van der Waals surface area contributed by atoms with E-state index < -0.39 is 11.7 Å². The molecule has 0 spiro atoms. The van der Waals surface area contributed by atoms with Crippen molar-refractivity contribution in [2.75, 3.05) is 5.73 Å². The van der Waals surface area contributed by atoms with Crippen molar-refractivity contribution < 1.29 is 13.2 Å². The minimum absolute atomic E-state index is 0.494. The van der Waals surface area contributed by atoms with E-state index in [-0.39, 0.29) is 0 Å². The van der Waals surface area contributed by atoms with E-state index in [0.29, 0.717) is 29.7 Å². The third-order valence-corrected chi connectivity index (χ3v) is 2.44. The van der Waals surface area contributed by atoms with E-state index in [0.717, 1.165) is 12.1 Å². The molecule has 1 aromatic rings. The second kappa shape index (κ2) is 4.13. The van der Waals surface area contributed by atoms with Gasteiger partial charge in [0.1, 0.15) is 0 Å². The quantitative estimate of drug-likeness (QED) is 0.755. The minimum Gasteiger partial charge on any atom is -0.398 e. The summed E-state index contributed by atoms with van der Waals surface area (Å²) < 4.78 is 37.5. The van der Waals surface area contributed by atoms with E-state index in [4.69, 9.17) is 5.73 Å². The monoisotopic (exact) mass is 217 g/mol. The van der Waals surface area contributed by atoms with Crippen LogP contribution in [0.1, 0.15) is 30.5 Å². The number of anilines is 1. The van der Waals surface area contributed by atoms with E-state index in [1.807, 2.05) is 0 Å². The van der Waals surface area contributed by atoms with Crippen LogP contribution in [-0.4, -0.2) is 0 Å². The Kier molecular flexibility index (Phi) is 3.27. The van der Waals surface area contributed by atoms with Gasteiger partial charge in [-0.15, -0.1) is 0 Å². The normalized spacial score (nSPS) is 11.8. The number of alkyl halides is 3. The van der Waals surface area contributed by atoms with Gasteiger partial charge >= 0.3 is 6.18 Å². The lowest BCUT2D eigenvalue weighted by molar-refractivity contribution is -0.137. The minimum atomic E-state index is -4.29.